The minimum absolute atomic E-state index is 0.0976. The lowest BCUT2D eigenvalue weighted by atomic mass is 9.97. The Kier molecular flexibility index (Phi) is 12.1. The van der Waals surface area contributed by atoms with Crippen molar-refractivity contribution in [2.45, 2.75) is 110 Å². The van der Waals surface area contributed by atoms with Crippen molar-refractivity contribution in [3.63, 3.8) is 0 Å². The summed E-state index contributed by atoms with van der Waals surface area (Å²) in [6, 6.07) is -4.22. The van der Waals surface area contributed by atoms with Crippen LogP contribution in [0.25, 0.3) is 0 Å². The Morgan fingerprint density at radius 1 is 0.830 bits per heavy atom. The maximum atomic E-state index is 14.0. The summed E-state index contributed by atoms with van der Waals surface area (Å²) in [7, 11) is 0. The molecule has 2 aliphatic heterocycles. The average Bonchev–Trinajstić information content (AvgIpc) is 3.79. The predicted octanol–water partition coefficient (Wildman–Crippen LogP) is 2.94. The van der Waals surface area contributed by atoms with Crippen LogP contribution in [0.3, 0.4) is 0 Å². The first kappa shape index (κ1) is 36.4. The standard InChI is InChI=1S/C32H47N7O6S2/c1-8-17(6)24-28(43)38-25(18(7)40)29(44)36-23(16(4)5)32(45)39-11-9-10-22(39)31-35-20(14-47-31)26(41)33-19(12-15(2)3)30-34-21(13-46-30)27(42)37-24/h13-19,22-25,40H,8-12H2,1-7H3,(H,33,41)(H,36,44)(H,37,42)(H,38,43)/t17-,18+,19+,22-,23-,24+,25-/m0/s1. The van der Waals surface area contributed by atoms with Gasteiger partial charge in [0, 0.05) is 17.3 Å². The number of hydrogen-bond donors (Lipinski definition) is 5. The van der Waals surface area contributed by atoms with Crippen LogP contribution < -0.4 is 21.3 Å². The van der Waals surface area contributed by atoms with Gasteiger partial charge in [0.05, 0.1) is 18.2 Å². The summed E-state index contributed by atoms with van der Waals surface area (Å²) in [5.74, 6) is -3.08. The molecule has 5 amide bonds. The molecular weight excluding hydrogens is 643 g/mol. The number of carbonyl (C=O) groups excluding carboxylic acids is 5. The molecule has 5 N–H and O–H groups in total. The summed E-state index contributed by atoms with van der Waals surface area (Å²) in [6.45, 7) is 13.2. The number of nitrogens with one attached hydrogen (secondary N) is 4. The van der Waals surface area contributed by atoms with Crippen LogP contribution in [0.15, 0.2) is 10.8 Å². The van der Waals surface area contributed by atoms with E-state index < -0.39 is 48.0 Å². The van der Waals surface area contributed by atoms with E-state index in [1.165, 1.54) is 29.6 Å². The number of rotatable bonds is 6. The molecule has 0 unspecified atom stereocenters. The molecule has 15 heteroatoms. The number of aliphatic hydroxyl groups is 1. The molecule has 0 spiro atoms. The second-order valence-corrected chi connectivity index (χ2v) is 15.1. The predicted molar refractivity (Wildman–Crippen MR) is 179 cm³/mol. The van der Waals surface area contributed by atoms with Gasteiger partial charge in [-0.05, 0) is 43.9 Å². The van der Waals surface area contributed by atoms with E-state index in [-0.39, 0.29) is 47.0 Å². The molecule has 2 aromatic rings. The number of aliphatic hydroxyl groups excluding tert-OH is 1. The normalized spacial score (nSPS) is 26.2. The summed E-state index contributed by atoms with van der Waals surface area (Å²) in [6.07, 6.45) is 1.19. The van der Waals surface area contributed by atoms with Crippen molar-refractivity contribution in [3.8, 4) is 0 Å². The molecule has 7 atom stereocenters. The summed E-state index contributed by atoms with van der Waals surface area (Å²) < 4.78 is 0. The Labute approximate surface area is 283 Å². The van der Waals surface area contributed by atoms with E-state index in [0.717, 1.165) is 6.42 Å². The molecule has 4 rings (SSSR count). The maximum absolute atomic E-state index is 14.0. The summed E-state index contributed by atoms with van der Waals surface area (Å²) in [5.41, 5.74) is 0.327. The van der Waals surface area contributed by atoms with Crippen LogP contribution in [-0.2, 0) is 14.4 Å². The van der Waals surface area contributed by atoms with Crippen LogP contribution in [-0.4, -0.2) is 80.3 Å². The highest BCUT2D eigenvalue weighted by Crippen LogP contribution is 2.35. The number of amides is 5. The third kappa shape index (κ3) is 8.54. The number of carbonyl (C=O) groups is 5. The van der Waals surface area contributed by atoms with E-state index in [1.807, 2.05) is 34.6 Å². The average molecular weight is 690 g/mol. The molecule has 258 valence electrons. The fourth-order valence-electron chi connectivity index (χ4n) is 5.81. The van der Waals surface area contributed by atoms with Crippen LogP contribution in [0.5, 0.6) is 0 Å². The van der Waals surface area contributed by atoms with Gasteiger partial charge in [-0.25, -0.2) is 9.97 Å². The Morgan fingerprint density at radius 2 is 1.40 bits per heavy atom. The minimum Gasteiger partial charge on any atom is -0.391 e. The van der Waals surface area contributed by atoms with Crippen LogP contribution in [0, 0.1) is 17.8 Å². The molecule has 4 heterocycles. The van der Waals surface area contributed by atoms with Gasteiger partial charge in [-0.1, -0.05) is 48.0 Å². The molecule has 2 aliphatic rings. The fraction of sp³-hybridized carbons (Fsp3) is 0.656. The van der Waals surface area contributed by atoms with Crippen molar-refractivity contribution in [3.05, 3.63) is 32.2 Å². The summed E-state index contributed by atoms with van der Waals surface area (Å²) in [4.78, 5) is 79.0. The zero-order valence-corrected chi connectivity index (χ0v) is 29.7. The SMILES string of the molecule is CC[C@H](C)[C@H]1NC(=O)c2csc(n2)[C@@H](CC(C)C)NC(=O)c2csc(n2)[C@@H]2CCCN2C(=O)[C@H](C(C)C)NC(=O)[C@H]([C@@H](C)O)NC1=O. The van der Waals surface area contributed by atoms with Crippen LogP contribution in [0.2, 0.25) is 0 Å². The van der Waals surface area contributed by atoms with Crippen molar-refractivity contribution < 1.29 is 29.1 Å². The number of aromatic nitrogens is 2. The van der Waals surface area contributed by atoms with E-state index in [1.54, 1.807) is 22.6 Å². The van der Waals surface area contributed by atoms with E-state index in [9.17, 15) is 29.1 Å². The quantitative estimate of drug-likeness (QED) is 0.307. The Balaban J connectivity index is 1.76. The first-order valence-electron chi connectivity index (χ1n) is 16.3. The van der Waals surface area contributed by atoms with Crippen LogP contribution in [0.1, 0.15) is 117 Å². The lowest BCUT2D eigenvalue weighted by Crippen LogP contribution is -2.61. The van der Waals surface area contributed by atoms with Gasteiger partial charge in [0.1, 0.15) is 39.5 Å². The van der Waals surface area contributed by atoms with Gasteiger partial charge in [-0.3, -0.25) is 24.0 Å². The molecule has 1 fully saturated rings. The minimum atomic E-state index is -1.38. The van der Waals surface area contributed by atoms with E-state index in [2.05, 4.69) is 31.2 Å². The Morgan fingerprint density at radius 3 is 2.00 bits per heavy atom. The molecule has 0 radical (unpaired) electrons. The summed E-state index contributed by atoms with van der Waals surface area (Å²) >= 11 is 2.54. The monoisotopic (exact) mass is 689 g/mol. The molecular formula is C32H47N7O6S2. The van der Waals surface area contributed by atoms with Crippen molar-refractivity contribution in [1.29, 1.82) is 0 Å². The van der Waals surface area contributed by atoms with E-state index in [0.29, 0.717) is 35.8 Å². The van der Waals surface area contributed by atoms with Crippen molar-refractivity contribution in [2.24, 2.45) is 17.8 Å². The maximum Gasteiger partial charge on any atom is 0.271 e. The van der Waals surface area contributed by atoms with E-state index in [4.69, 9.17) is 0 Å². The number of hydrogen-bond acceptors (Lipinski definition) is 10. The molecule has 0 aromatic carbocycles. The second kappa shape index (κ2) is 15.6. The van der Waals surface area contributed by atoms with Crippen molar-refractivity contribution >= 4 is 52.2 Å². The van der Waals surface area contributed by atoms with Crippen molar-refractivity contribution in [2.75, 3.05) is 6.54 Å². The first-order valence-corrected chi connectivity index (χ1v) is 18.1. The number of fused-ring (bicyclic) bond motifs is 6. The number of nitrogens with zero attached hydrogens (tertiary/aromatic N) is 3. The van der Waals surface area contributed by atoms with Gasteiger partial charge in [-0.15, -0.1) is 22.7 Å². The van der Waals surface area contributed by atoms with Crippen LogP contribution in [0.4, 0.5) is 0 Å². The number of thiazole rings is 2. The van der Waals surface area contributed by atoms with Gasteiger partial charge in [0.15, 0.2) is 0 Å². The fourth-order valence-corrected chi connectivity index (χ4v) is 7.62. The Bertz CT molecular complexity index is 1460. The van der Waals surface area contributed by atoms with Crippen LogP contribution >= 0.6 is 22.7 Å². The summed E-state index contributed by atoms with van der Waals surface area (Å²) in [5, 5.41) is 26.2. The van der Waals surface area contributed by atoms with Gasteiger partial charge < -0.3 is 31.3 Å². The zero-order chi connectivity index (χ0) is 34.6. The second-order valence-electron chi connectivity index (χ2n) is 13.3. The first-order chi connectivity index (χ1) is 22.2. The van der Waals surface area contributed by atoms with Gasteiger partial charge in [-0.2, -0.15) is 0 Å². The van der Waals surface area contributed by atoms with Gasteiger partial charge >= 0.3 is 0 Å². The third-order valence-corrected chi connectivity index (χ3v) is 10.6. The highest BCUT2D eigenvalue weighted by atomic mass is 32.1. The smallest absolute Gasteiger partial charge is 0.271 e. The highest BCUT2D eigenvalue weighted by Gasteiger charge is 2.40. The topological polar surface area (TPSA) is 183 Å². The molecule has 13 nitrogen and oxygen atoms in total. The lowest BCUT2D eigenvalue weighted by Gasteiger charge is -2.32. The molecule has 0 saturated carbocycles. The van der Waals surface area contributed by atoms with E-state index >= 15 is 0 Å². The largest absolute Gasteiger partial charge is 0.391 e. The lowest BCUT2D eigenvalue weighted by molar-refractivity contribution is -0.140. The molecule has 2 aromatic heterocycles. The van der Waals surface area contributed by atoms with Crippen molar-refractivity contribution in [1.82, 2.24) is 36.1 Å². The highest BCUT2D eigenvalue weighted by molar-refractivity contribution is 7.10. The zero-order valence-electron chi connectivity index (χ0n) is 28.0. The third-order valence-electron chi connectivity index (χ3n) is 8.72. The Hall–Kier alpha value is -3.43. The molecule has 47 heavy (non-hydrogen) atoms. The molecule has 4 bridgehead atoms. The van der Waals surface area contributed by atoms with Gasteiger partial charge in [0.2, 0.25) is 17.7 Å². The van der Waals surface area contributed by atoms with Gasteiger partial charge in [0.25, 0.3) is 11.8 Å². The molecule has 1 saturated heterocycles. The molecule has 0 aliphatic carbocycles.